The van der Waals surface area contributed by atoms with Gasteiger partial charge >= 0.3 is 5.97 Å². The van der Waals surface area contributed by atoms with E-state index in [0.717, 1.165) is 20.1 Å². The SMILES string of the molecule is CCOC(=O)C1=C(C)N=c2s/c(=C\c3cc(Br)c(OC)c(Br)c3)c(=O)n2[C@H]1c1ccc(C(C)C)cc1. The molecule has 2 heterocycles. The molecule has 0 N–H and O–H groups in total. The summed E-state index contributed by atoms with van der Waals surface area (Å²) in [4.78, 5) is 32.0. The number of ether oxygens (including phenoxy) is 2. The number of allylic oxidation sites excluding steroid dienone is 1. The second-order valence-corrected chi connectivity index (χ2v) is 11.4. The zero-order chi connectivity index (χ0) is 26.1. The van der Waals surface area contributed by atoms with E-state index in [4.69, 9.17) is 9.47 Å². The summed E-state index contributed by atoms with van der Waals surface area (Å²) in [6, 6.07) is 11.2. The van der Waals surface area contributed by atoms with Gasteiger partial charge in [-0.1, -0.05) is 49.4 Å². The molecule has 1 aliphatic rings. The summed E-state index contributed by atoms with van der Waals surface area (Å²) < 4.78 is 14.4. The zero-order valence-corrected chi connectivity index (χ0v) is 24.6. The minimum atomic E-state index is -0.627. The van der Waals surface area contributed by atoms with Crippen LogP contribution in [0.5, 0.6) is 5.75 Å². The number of aromatic nitrogens is 1. The molecular weight excluding hydrogens is 608 g/mol. The molecule has 0 saturated heterocycles. The van der Waals surface area contributed by atoms with E-state index in [-0.39, 0.29) is 12.2 Å². The molecule has 0 saturated carbocycles. The predicted molar refractivity (Wildman–Crippen MR) is 149 cm³/mol. The van der Waals surface area contributed by atoms with Gasteiger partial charge in [0.15, 0.2) is 4.80 Å². The Hall–Kier alpha value is -2.49. The monoisotopic (exact) mass is 632 g/mol. The van der Waals surface area contributed by atoms with E-state index in [1.165, 1.54) is 16.9 Å². The lowest BCUT2D eigenvalue weighted by molar-refractivity contribution is -0.139. The fourth-order valence-electron chi connectivity index (χ4n) is 4.18. The molecule has 0 spiro atoms. The number of benzene rings is 2. The Kier molecular flexibility index (Phi) is 8.02. The molecule has 0 amide bonds. The zero-order valence-electron chi connectivity index (χ0n) is 20.6. The van der Waals surface area contributed by atoms with Gasteiger partial charge in [0.05, 0.1) is 44.5 Å². The van der Waals surface area contributed by atoms with Crippen LogP contribution in [0.1, 0.15) is 56.3 Å². The maximum atomic E-state index is 13.8. The van der Waals surface area contributed by atoms with Gasteiger partial charge in [-0.05, 0) is 86.5 Å². The van der Waals surface area contributed by atoms with E-state index in [1.807, 2.05) is 42.5 Å². The fourth-order valence-corrected chi connectivity index (χ4v) is 6.77. The molecule has 0 unspecified atom stereocenters. The topological polar surface area (TPSA) is 69.9 Å². The first-order valence-electron chi connectivity index (χ1n) is 11.5. The molecule has 1 aliphatic heterocycles. The molecule has 1 atom stereocenters. The summed E-state index contributed by atoms with van der Waals surface area (Å²) in [5.41, 5.74) is 3.55. The molecule has 6 nitrogen and oxygen atoms in total. The van der Waals surface area contributed by atoms with E-state index >= 15 is 0 Å². The van der Waals surface area contributed by atoms with Crippen molar-refractivity contribution < 1.29 is 14.3 Å². The number of carbonyl (C=O) groups is 1. The van der Waals surface area contributed by atoms with Crippen LogP contribution >= 0.6 is 43.2 Å². The lowest BCUT2D eigenvalue weighted by Gasteiger charge is -2.25. The van der Waals surface area contributed by atoms with Gasteiger partial charge in [-0.3, -0.25) is 9.36 Å². The van der Waals surface area contributed by atoms with Crippen LogP contribution in [0.25, 0.3) is 6.08 Å². The van der Waals surface area contributed by atoms with Gasteiger partial charge in [0.25, 0.3) is 5.56 Å². The number of rotatable bonds is 6. The van der Waals surface area contributed by atoms with Gasteiger partial charge in [-0.2, -0.15) is 0 Å². The van der Waals surface area contributed by atoms with Crippen LogP contribution in [0.4, 0.5) is 0 Å². The van der Waals surface area contributed by atoms with Gasteiger partial charge in [0.2, 0.25) is 0 Å². The molecule has 188 valence electrons. The molecule has 9 heteroatoms. The van der Waals surface area contributed by atoms with E-state index in [9.17, 15) is 9.59 Å². The van der Waals surface area contributed by atoms with Gasteiger partial charge < -0.3 is 9.47 Å². The van der Waals surface area contributed by atoms with Crippen LogP contribution in [-0.2, 0) is 9.53 Å². The number of fused-ring (bicyclic) bond motifs is 1. The average molecular weight is 634 g/mol. The molecule has 0 radical (unpaired) electrons. The number of nitrogens with zero attached hydrogens (tertiary/aromatic N) is 2. The van der Waals surface area contributed by atoms with Crippen LogP contribution in [0.2, 0.25) is 0 Å². The summed E-state index contributed by atoms with van der Waals surface area (Å²) >= 11 is 8.33. The Bertz CT molecular complexity index is 1510. The molecule has 3 aromatic rings. The normalized spacial score (nSPS) is 15.7. The number of carbonyl (C=O) groups excluding carboxylic acids is 1. The fraction of sp³-hybridized carbons (Fsp3) is 0.296. The third kappa shape index (κ3) is 5.01. The number of thiazole rings is 1. The highest BCUT2D eigenvalue weighted by Gasteiger charge is 2.33. The molecule has 4 rings (SSSR count). The molecule has 0 aliphatic carbocycles. The minimum Gasteiger partial charge on any atom is -0.494 e. The summed E-state index contributed by atoms with van der Waals surface area (Å²) in [5, 5.41) is 0. The van der Waals surface area contributed by atoms with Crippen molar-refractivity contribution in [2.45, 2.75) is 39.7 Å². The lowest BCUT2D eigenvalue weighted by atomic mass is 9.93. The number of methoxy groups -OCH3 is 1. The second-order valence-electron chi connectivity index (χ2n) is 8.64. The number of hydrogen-bond acceptors (Lipinski definition) is 6. The first-order valence-corrected chi connectivity index (χ1v) is 13.9. The van der Waals surface area contributed by atoms with Crippen LogP contribution in [-0.4, -0.2) is 24.3 Å². The van der Waals surface area contributed by atoms with Crippen molar-refractivity contribution in [3.05, 3.63) is 93.0 Å². The van der Waals surface area contributed by atoms with Gasteiger partial charge in [0.1, 0.15) is 5.75 Å². The Morgan fingerprint density at radius 1 is 1.19 bits per heavy atom. The molecule has 2 aromatic carbocycles. The van der Waals surface area contributed by atoms with Gasteiger partial charge in [0, 0.05) is 0 Å². The molecule has 0 bridgehead atoms. The van der Waals surface area contributed by atoms with Crippen LogP contribution in [0.3, 0.4) is 0 Å². The average Bonchev–Trinajstić information content (AvgIpc) is 3.12. The summed E-state index contributed by atoms with van der Waals surface area (Å²) in [6.07, 6.45) is 1.82. The Labute approximate surface area is 230 Å². The van der Waals surface area contributed by atoms with E-state index < -0.39 is 12.0 Å². The predicted octanol–water partition coefficient (Wildman–Crippen LogP) is 5.46. The number of halogens is 2. The summed E-state index contributed by atoms with van der Waals surface area (Å²) in [7, 11) is 1.60. The smallest absolute Gasteiger partial charge is 0.338 e. The summed E-state index contributed by atoms with van der Waals surface area (Å²) in [5.74, 6) is 0.577. The van der Waals surface area contributed by atoms with Crippen LogP contribution < -0.4 is 19.6 Å². The maximum absolute atomic E-state index is 13.8. The van der Waals surface area contributed by atoms with Crippen LogP contribution in [0.15, 0.2) is 66.4 Å². The van der Waals surface area contributed by atoms with E-state index in [1.54, 1.807) is 25.5 Å². The van der Waals surface area contributed by atoms with Gasteiger partial charge in [-0.25, -0.2) is 9.79 Å². The number of esters is 1. The van der Waals surface area contributed by atoms with Crippen molar-refractivity contribution in [1.82, 2.24) is 4.57 Å². The quantitative estimate of drug-likeness (QED) is 0.338. The van der Waals surface area contributed by atoms with Crippen molar-refractivity contribution in [3.8, 4) is 5.75 Å². The van der Waals surface area contributed by atoms with Crippen molar-refractivity contribution in [2.75, 3.05) is 13.7 Å². The van der Waals surface area contributed by atoms with Crippen LogP contribution in [0, 0.1) is 0 Å². The van der Waals surface area contributed by atoms with Crippen molar-refractivity contribution in [2.24, 2.45) is 4.99 Å². The maximum Gasteiger partial charge on any atom is 0.338 e. The summed E-state index contributed by atoms with van der Waals surface area (Å²) in [6.45, 7) is 8.04. The highest BCUT2D eigenvalue weighted by atomic mass is 79.9. The van der Waals surface area contributed by atoms with Crippen molar-refractivity contribution in [1.29, 1.82) is 0 Å². The molecular formula is C27H26Br2N2O4S. The minimum absolute atomic E-state index is 0.214. The Morgan fingerprint density at radius 2 is 1.83 bits per heavy atom. The Morgan fingerprint density at radius 3 is 2.39 bits per heavy atom. The third-order valence-corrected chi connectivity index (χ3v) is 8.12. The standard InChI is InChI=1S/C27H26Br2N2O4S/c1-6-35-26(33)22-15(4)30-27-31(23(22)18-9-7-17(8-10-18)14(2)3)25(32)21(36-27)13-16-11-19(28)24(34-5)20(29)12-16/h7-14,23H,6H2,1-5H3/b21-13-/t23-/m0/s1. The molecule has 1 aromatic heterocycles. The lowest BCUT2D eigenvalue weighted by Crippen LogP contribution is -2.39. The largest absolute Gasteiger partial charge is 0.494 e. The number of hydrogen-bond donors (Lipinski definition) is 0. The van der Waals surface area contributed by atoms with Crippen molar-refractivity contribution in [3.63, 3.8) is 0 Å². The highest BCUT2D eigenvalue weighted by molar-refractivity contribution is 9.11. The third-order valence-electron chi connectivity index (χ3n) is 5.96. The first kappa shape index (κ1) is 26.6. The molecule has 0 fully saturated rings. The Balaban J connectivity index is 1.93. The van der Waals surface area contributed by atoms with E-state index in [0.29, 0.717) is 32.3 Å². The molecule has 36 heavy (non-hydrogen) atoms. The second kappa shape index (κ2) is 10.9. The highest BCUT2D eigenvalue weighted by Crippen LogP contribution is 2.35. The van der Waals surface area contributed by atoms with E-state index in [2.05, 4.69) is 50.7 Å². The first-order chi connectivity index (χ1) is 17.2. The van der Waals surface area contributed by atoms with Crippen molar-refractivity contribution >= 4 is 55.2 Å². The van der Waals surface area contributed by atoms with Gasteiger partial charge in [-0.15, -0.1) is 0 Å².